The van der Waals surface area contributed by atoms with Gasteiger partial charge in [-0.1, -0.05) is 30.3 Å². The van der Waals surface area contributed by atoms with Crippen LogP contribution in [0.25, 0.3) is 0 Å². The molecule has 0 heterocycles. The first-order chi connectivity index (χ1) is 10.2. The van der Waals surface area contributed by atoms with Crippen molar-refractivity contribution in [1.82, 2.24) is 5.32 Å². The van der Waals surface area contributed by atoms with Crippen LogP contribution in [0, 0.1) is 0 Å². The van der Waals surface area contributed by atoms with Crippen LogP contribution in [-0.4, -0.2) is 34.9 Å². The molecule has 1 aromatic rings. The molecule has 0 fully saturated rings. The molecule has 0 aromatic heterocycles. The molecule has 0 saturated heterocycles. The zero-order valence-electron chi connectivity index (χ0n) is 13.3. The highest BCUT2D eigenvalue weighted by atomic mass is 16.6. The van der Waals surface area contributed by atoms with Crippen LogP contribution in [0.4, 0.5) is 4.79 Å². The Bertz CT molecular complexity index is 495. The number of hydrogen-bond donors (Lipinski definition) is 2. The number of rotatable bonds is 6. The molecule has 6 heteroatoms. The molecule has 6 nitrogen and oxygen atoms in total. The molecule has 0 saturated carbocycles. The largest absolute Gasteiger partial charge is 0.480 e. The Morgan fingerprint density at radius 3 is 2.32 bits per heavy atom. The van der Waals surface area contributed by atoms with Crippen molar-refractivity contribution < 1.29 is 24.2 Å². The quantitative estimate of drug-likeness (QED) is 0.843. The summed E-state index contributed by atoms with van der Waals surface area (Å²) >= 11 is 0. The summed E-state index contributed by atoms with van der Waals surface area (Å²) in [6.45, 7) is 7.12. The van der Waals surface area contributed by atoms with Crippen molar-refractivity contribution in [2.24, 2.45) is 0 Å². The van der Waals surface area contributed by atoms with Crippen LogP contribution >= 0.6 is 0 Å². The zero-order chi connectivity index (χ0) is 16.8. The highest BCUT2D eigenvalue weighted by Gasteiger charge is 2.30. The highest BCUT2D eigenvalue weighted by Crippen LogP contribution is 2.13. The number of amides is 1. The van der Waals surface area contributed by atoms with E-state index in [9.17, 15) is 14.7 Å². The minimum atomic E-state index is -1.18. The van der Waals surface area contributed by atoms with Crippen molar-refractivity contribution in [3.63, 3.8) is 0 Å². The van der Waals surface area contributed by atoms with Gasteiger partial charge in [0.15, 0.2) is 6.04 Å². The SMILES string of the molecule is C[C@@H](OC(C)(C)C)[C@@H](NC(=O)OCc1ccccc1)C(=O)O. The smallest absolute Gasteiger partial charge is 0.408 e. The van der Waals surface area contributed by atoms with E-state index in [4.69, 9.17) is 9.47 Å². The summed E-state index contributed by atoms with van der Waals surface area (Å²) in [6, 6.07) is 7.96. The third-order valence-electron chi connectivity index (χ3n) is 2.76. The molecule has 1 amide bonds. The van der Waals surface area contributed by atoms with Crippen LogP contribution in [0.1, 0.15) is 33.3 Å². The number of carboxylic acids is 1. The predicted molar refractivity (Wildman–Crippen MR) is 81.5 cm³/mol. The number of aliphatic carboxylic acids is 1. The summed E-state index contributed by atoms with van der Waals surface area (Å²) in [5.74, 6) is -1.17. The Balaban J connectivity index is 2.55. The van der Waals surface area contributed by atoms with Crippen LogP contribution in [0.3, 0.4) is 0 Å². The molecular weight excluding hydrogens is 286 g/mol. The molecule has 0 aliphatic rings. The Morgan fingerprint density at radius 2 is 1.82 bits per heavy atom. The van der Waals surface area contributed by atoms with Gasteiger partial charge in [0.1, 0.15) is 6.61 Å². The summed E-state index contributed by atoms with van der Waals surface area (Å²) in [6.07, 6.45) is -1.48. The van der Waals surface area contributed by atoms with Crippen LogP contribution in [0.15, 0.2) is 30.3 Å². The standard InChI is InChI=1S/C16H23NO5/c1-11(22-16(2,3)4)13(14(18)19)17-15(20)21-10-12-8-6-5-7-9-12/h5-9,11,13H,10H2,1-4H3,(H,17,20)(H,18,19)/t11-,13-/m1/s1. The van der Waals surface area contributed by atoms with E-state index in [1.54, 1.807) is 6.92 Å². The fourth-order valence-electron chi connectivity index (χ4n) is 1.90. The maximum Gasteiger partial charge on any atom is 0.408 e. The van der Waals surface area contributed by atoms with Gasteiger partial charge >= 0.3 is 12.1 Å². The number of benzene rings is 1. The maximum absolute atomic E-state index is 11.7. The first-order valence-corrected chi connectivity index (χ1v) is 7.07. The summed E-state index contributed by atoms with van der Waals surface area (Å²) in [4.78, 5) is 23.0. The van der Waals surface area contributed by atoms with E-state index < -0.39 is 29.8 Å². The van der Waals surface area contributed by atoms with Gasteiger partial charge in [-0.05, 0) is 33.3 Å². The van der Waals surface area contributed by atoms with Gasteiger partial charge < -0.3 is 19.9 Å². The maximum atomic E-state index is 11.7. The number of hydrogen-bond acceptors (Lipinski definition) is 4. The molecule has 2 N–H and O–H groups in total. The minimum absolute atomic E-state index is 0.0769. The normalized spacial score (nSPS) is 14.0. The van der Waals surface area contributed by atoms with Crippen molar-refractivity contribution in [2.45, 2.75) is 52.0 Å². The van der Waals surface area contributed by atoms with Crippen LogP contribution in [-0.2, 0) is 20.9 Å². The van der Waals surface area contributed by atoms with Crippen molar-refractivity contribution in [2.75, 3.05) is 0 Å². The van der Waals surface area contributed by atoms with E-state index in [0.717, 1.165) is 5.56 Å². The second kappa shape index (κ2) is 7.79. The molecule has 122 valence electrons. The molecule has 0 radical (unpaired) electrons. The number of carboxylic acid groups (broad SMARTS) is 1. The monoisotopic (exact) mass is 309 g/mol. The third kappa shape index (κ3) is 6.58. The Morgan fingerprint density at radius 1 is 1.23 bits per heavy atom. The molecular formula is C16H23NO5. The van der Waals surface area contributed by atoms with Gasteiger partial charge in [-0.2, -0.15) is 0 Å². The van der Waals surface area contributed by atoms with Crippen molar-refractivity contribution in [1.29, 1.82) is 0 Å². The van der Waals surface area contributed by atoms with Gasteiger partial charge in [-0.25, -0.2) is 9.59 Å². The van der Waals surface area contributed by atoms with E-state index in [2.05, 4.69) is 5.32 Å². The first-order valence-electron chi connectivity index (χ1n) is 7.07. The van der Waals surface area contributed by atoms with Gasteiger partial charge in [-0.3, -0.25) is 0 Å². The fraction of sp³-hybridized carbons (Fsp3) is 0.500. The summed E-state index contributed by atoms with van der Waals surface area (Å²) in [5.41, 5.74) is 0.312. The number of carbonyl (C=O) groups excluding carboxylic acids is 1. The fourth-order valence-corrected chi connectivity index (χ4v) is 1.90. The molecule has 1 aromatic carbocycles. The lowest BCUT2D eigenvalue weighted by Crippen LogP contribution is -2.50. The Labute approximate surface area is 130 Å². The van der Waals surface area contributed by atoms with Gasteiger partial charge in [-0.15, -0.1) is 0 Å². The topological polar surface area (TPSA) is 84.9 Å². The Hall–Kier alpha value is -2.08. The van der Waals surface area contributed by atoms with Crippen LogP contribution in [0.5, 0.6) is 0 Å². The van der Waals surface area contributed by atoms with E-state index in [-0.39, 0.29) is 6.61 Å². The minimum Gasteiger partial charge on any atom is -0.480 e. The lowest BCUT2D eigenvalue weighted by molar-refractivity contribution is -0.147. The summed E-state index contributed by atoms with van der Waals surface area (Å²) in [7, 11) is 0. The summed E-state index contributed by atoms with van der Waals surface area (Å²) < 4.78 is 10.6. The van der Waals surface area contributed by atoms with Crippen LogP contribution < -0.4 is 5.32 Å². The van der Waals surface area contributed by atoms with Gasteiger partial charge in [0.05, 0.1) is 11.7 Å². The molecule has 1 rings (SSSR count). The number of carbonyl (C=O) groups is 2. The third-order valence-corrected chi connectivity index (χ3v) is 2.76. The van der Waals surface area contributed by atoms with Gasteiger partial charge in [0, 0.05) is 0 Å². The number of ether oxygens (including phenoxy) is 2. The predicted octanol–water partition coefficient (Wildman–Crippen LogP) is 2.57. The van der Waals surface area contributed by atoms with Crippen molar-refractivity contribution in [3.8, 4) is 0 Å². The molecule has 22 heavy (non-hydrogen) atoms. The van der Waals surface area contributed by atoms with E-state index in [1.165, 1.54) is 0 Å². The molecule has 0 unspecified atom stereocenters. The van der Waals surface area contributed by atoms with Gasteiger partial charge in [0.25, 0.3) is 0 Å². The van der Waals surface area contributed by atoms with Crippen LogP contribution in [0.2, 0.25) is 0 Å². The average molecular weight is 309 g/mol. The second-order valence-electron chi connectivity index (χ2n) is 5.96. The zero-order valence-corrected chi connectivity index (χ0v) is 13.3. The van der Waals surface area contributed by atoms with E-state index in [1.807, 2.05) is 51.1 Å². The van der Waals surface area contributed by atoms with Crippen molar-refractivity contribution in [3.05, 3.63) is 35.9 Å². The first kappa shape index (κ1) is 18.0. The second-order valence-corrected chi connectivity index (χ2v) is 5.96. The Kier molecular flexibility index (Phi) is 6.37. The van der Waals surface area contributed by atoms with E-state index >= 15 is 0 Å². The highest BCUT2D eigenvalue weighted by molar-refractivity contribution is 5.80. The molecule has 0 bridgehead atoms. The average Bonchev–Trinajstić information content (AvgIpc) is 2.41. The van der Waals surface area contributed by atoms with E-state index in [0.29, 0.717) is 0 Å². The number of nitrogens with one attached hydrogen (secondary N) is 1. The lowest BCUT2D eigenvalue weighted by Gasteiger charge is -2.29. The molecule has 0 aliphatic carbocycles. The molecule has 0 spiro atoms. The van der Waals surface area contributed by atoms with Gasteiger partial charge in [0.2, 0.25) is 0 Å². The number of alkyl carbamates (subject to hydrolysis) is 1. The summed E-state index contributed by atoms with van der Waals surface area (Å²) in [5, 5.41) is 11.5. The lowest BCUT2D eigenvalue weighted by atomic mass is 10.1. The molecule has 0 aliphatic heterocycles. The molecule has 2 atom stereocenters. The van der Waals surface area contributed by atoms with Crippen molar-refractivity contribution >= 4 is 12.1 Å².